The highest BCUT2D eigenvalue weighted by molar-refractivity contribution is 7.79. The molecule has 0 N–H and O–H groups in total. The average molecular weight is 360 g/mol. The fraction of sp³-hybridized carbons (Fsp3) is 0.263. The Labute approximate surface area is 149 Å². The van der Waals surface area contributed by atoms with Crippen molar-refractivity contribution in [2.75, 3.05) is 7.11 Å². The van der Waals surface area contributed by atoms with E-state index in [1.807, 2.05) is 39.8 Å². The monoisotopic (exact) mass is 360 g/mol. The molecule has 1 heterocycles. The quantitative estimate of drug-likeness (QED) is 0.621. The van der Waals surface area contributed by atoms with Crippen LogP contribution in [0.5, 0.6) is 5.75 Å². The van der Waals surface area contributed by atoms with Crippen LogP contribution in [-0.4, -0.2) is 21.3 Å². The first-order valence-corrected chi connectivity index (χ1v) is 9.04. The zero-order valence-corrected chi connectivity index (χ0v) is 15.8. The van der Waals surface area contributed by atoms with E-state index in [2.05, 4.69) is 9.97 Å². The van der Waals surface area contributed by atoms with Gasteiger partial charge in [0, 0.05) is 10.9 Å². The van der Waals surface area contributed by atoms with Gasteiger partial charge in [-0.1, -0.05) is 19.9 Å². The average Bonchev–Trinajstić information content (AvgIpc) is 2.62. The summed E-state index contributed by atoms with van der Waals surface area (Å²) in [5.74, 6) is 0.777. The predicted molar refractivity (Wildman–Crippen MR) is 99.9 cm³/mol. The number of hydrogen-bond donors (Lipinski definition) is 0. The molecule has 1 unspecified atom stereocenters. The fourth-order valence-corrected chi connectivity index (χ4v) is 3.04. The molecule has 4 nitrogen and oxygen atoms in total. The third kappa shape index (κ3) is 3.85. The molecule has 0 saturated heterocycles. The second-order valence-corrected chi connectivity index (χ2v) is 6.18. The number of nitrogens with zero attached hydrogens (tertiary/aromatic N) is 2. The highest BCUT2D eigenvalue weighted by Crippen LogP contribution is 2.33. The number of halogens is 1. The lowest BCUT2D eigenvalue weighted by molar-refractivity contribution is 0.412. The van der Waals surface area contributed by atoms with Gasteiger partial charge in [0.2, 0.25) is 11.2 Å². The first-order chi connectivity index (χ1) is 12.0. The Morgan fingerprint density at radius 1 is 1.04 bits per heavy atom. The van der Waals surface area contributed by atoms with E-state index >= 15 is 0 Å². The summed E-state index contributed by atoms with van der Waals surface area (Å²) in [4.78, 5) is 8.64. The molecule has 1 aromatic heterocycles. The smallest absolute Gasteiger partial charge is 0.231 e. The van der Waals surface area contributed by atoms with E-state index < -0.39 is 11.2 Å². The number of hydrogen-bond acceptors (Lipinski definition) is 4. The normalized spacial score (nSPS) is 11.6. The number of fused-ring (bicyclic) bond motifs is 1. The summed E-state index contributed by atoms with van der Waals surface area (Å²) in [6, 6.07) is 8.65. The number of methoxy groups -OCH3 is 1. The second kappa shape index (κ2) is 8.16. The summed E-state index contributed by atoms with van der Waals surface area (Å²) in [7, 11) is 1.63. The molecule has 2 aromatic carbocycles. The molecule has 132 valence electrons. The predicted octanol–water partition coefficient (Wildman–Crippen LogP) is 4.94. The van der Waals surface area contributed by atoms with Crippen molar-refractivity contribution in [1.29, 1.82) is 0 Å². The van der Waals surface area contributed by atoms with Crippen LogP contribution in [-0.2, 0) is 11.2 Å². The van der Waals surface area contributed by atoms with E-state index in [-0.39, 0.29) is 4.90 Å². The van der Waals surface area contributed by atoms with Crippen molar-refractivity contribution in [3.8, 4) is 17.0 Å². The van der Waals surface area contributed by atoms with E-state index in [9.17, 15) is 8.09 Å². The van der Waals surface area contributed by atoms with Crippen molar-refractivity contribution in [2.24, 2.45) is 0 Å². The molecule has 0 amide bonds. The van der Waals surface area contributed by atoms with Gasteiger partial charge < -0.3 is 4.74 Å². The third-order valence-electron chi connectivity index (χ3n) is 3.79. The van der Waals surface area contributed by atoms with E-state index in [1.54, 1.807) is 13.2 Å². The van der Waals surface area contributed by atoms with Crippen molar-refractivity contribution < 1.29 is 12.8 Å². The third-order valence-corrected chi connectivity index (χ3v) is 4.41. The highest BCUT2D eigenvalue weighted by Gasteiger charge is 2.13. The Kier molecular flexibility index (Phi) is 6.20. The van der Waals surface area contributed by atoms with Gasteiger partial charge in [-0.25, -0.2) is 14.2 Å². The van der Waals surface area contributed by atoms with Gasteiger partial charge in [-0.3, -0.25) is 0 Å². The molecule has 0 aliphatic carbocycles. The van der Waals surface area contributed by atoms with E-state index in [0.717, 1.165) is 33.5 Å². The molecule has 0 saturated carbocycles. The molecule has 3 rings (SSSR count). The number of ether oxygens (including phenoxy) is 1. The van der Waals surface area contributed by atoms with Gasteiger partial charge in [-0.15, -0.1) is 3.89 Å². The van der Waals surface area contributed by atoms with Crippen LogP contribution in [0.2, 0.25) is 0 Å². The fourth-order valence-electron chi connectivity index (χ4n) is 2.66. The summed E-state index contributed by atoms with van der Waals surface area (Å²) in [5, 5.41) is 0.774. The van der Waals surface area contributed by atoms with Gasteiger partial charge in [0.05, 0.1) is 23.2 Å². The summed E-state index contributed by atoms with van der Waals surface area (Å²) in [6.45, 7) is 7.98. The first-order valence-electron chi connectivity index (χ1n) is 7.99. The van der Waals surface area contributed by atoms with Crippen LogP contribution in [0.1, 0.15) is 25.0 Å². The van der Waals surface area contributed by atoms with Gasteiger partial charge in [0.15, 0.2) is 0 Å². The second-order valence-electron chi connectivity index (χ2n) is 5.26. The van der Waals surface area contributed by atoms with Crippen molar-refractivity contribution in [1.82, 2.24) is 9.97 Å². The minimum Gasteiger partial charge on any atom is -0.496 e. The van der Waals surface area contributed by atoms with Crippen molar-refractivity contribution in [2.45, 2.75) is 32.6 Å². The molecule has 1 atom stereocenters. The Morgan fingerprint density at radius 3 is 2.40 bits per heavy atom. The van der Waals surface area contributed by atoms with Crippen LogP contribution in [0, 0.1) is 13.8 Å². The standard InChI is InChI=1S/C17H15FN2O2S.C2H6/c1-10-6-11(2)16(22-3)8-14(10)17-13-5-4-12(23(18)21)7-15(13)19-9-20-17;1-2/h4-9H,1-3H3;1-2H3. The van der Waals surface area contributed by atoms with E-state index in [4.69, 9.17) is 4.74 Å². The van der Waals surface area contributed by atoms with Crippen molar-refractivity contribution in [3.05, 3.63) is 47.8 Å². The molecule has 0 fully saturated rings. The minimum absolute atomic E-state index is 0.0976. The summed E-state index contributed by atoms with van der Waals surface area (Å²) in [6.07, 6.45) is 1.42. The zero-order valence-electron chi connectivity index (χ0n) is 15.0. The molecule has 25 heavy (non-hydrogen) atoms. The number of aromatic nitrogens is 2. The zero-order chi connectivity index (χ0) is 18.6. The molecular formula is C19H21FN2O2S. The van der Waals surface area contributed by atoms with Crippen LogP contribution in [0.3, 0.4) is 0 Å². The highest BCUT2D eigenvalue weighted by atomic mass is 32.2. The molecule has 0 aliphatic heterocycles. The number of aryl methyl sites for hydroxylation is 2. The van der Waals surface area contributed by atoms with Crippen molar-refractivity contribution >= 4 is 22.1 Å². The molecule has 0 radical (unpaired) electrons. The van der Waals surface area contributed by atoms with Gasteiger partial charge in [0.1, 0.15) is 12.1 Å². The summed E-state index contributed by atoms with van der Waals surface area (Å²) in [5.41, 5.74) is 4.32. The van der Waals surface area contributed by atoms with Gasteiger partial charge >= 0.3 is 0 Å². The lowest BCUT2D eigenvalue weighted by Crippen LogP contribution is -1.95. The van der Waals surface area contributed by atoms with Gasteiger partial charge in [-0.2, -0.15) is 0 Å². The maximum atomic E-state index is 13.0. The van der Waals surface area contributed by atoms with E-state index in [0.29, 0.717) is 5.52 Å². The molecule has 0 spiro atoms. The Morgan fingerprint density at radius 2 is 1.76 bits per heavy atom. The molecule has 6 heteroatoms. The van der Waals surface area contributed by atoms with Gasteiger partial charge in [-0.05, 0) is 49.2 Å². The van der Waals surface area contributed by atoms with Gasteiger partial charge in [0.25, 0.3) is 0 Å². The van der Waals surface area contributed by atoms with Crippen LogP contribution < -0.4 is 4.74 Å². The number of benzene rings is 2. The minimum atomic E-state index is -2.53. The topological polar surface area (TPSA) is 52.1 Å². The Hall–Kier alpha value is -2.34. The van der Waals surface area contributed by atoms with Crippen LogP contribution in [0.4, 0.5) is 3.89 Å². The van der Waals surface area contributed by atoms with Crippen molar-refractivity contribution in [3.63, 3.8) is 0 Å². The molecular weight excluding hydrogens is 339 g/mol. The van der Waals surface area contributed by atoms with Crippen LogP contribution in [0.15, 0.2) is 41.6 Å². The first kappa shape index (κ1) is 19.0. The lowest BCUT2D eigenvalue weighted by atomic mass is 9.99. The largest absolute Gasteiger partial charge is 0.496 e. The summed E-state index contributed by atoms with van der Waals surface area (Å²) >= 11 is -2.53. The lowest BCUT2D eigenvalue weighted by Gasteiger charge is -2.12. The number of rotatable bonds is 3. The van der Waals surface area contributed by atoms with Crippen LogP contribution in [0.25, 0.3) is 22.2 Å². The summed E-state index contributed by atoms with van der Waals surface area (Å²) < 4.78 is 29.4. The Bertz CT molecular complexity index is 929. The molecule has 3 aromatic rings. The van der Waals surface area contributed by atoms with E-state index in [1.165, 1.54) is 18.5 Å². The maximum Gasteiger partial charge on any atom is 0.231 e. The SMILES string of the molecule is CC.COc1cc(-c2ncnc3cc(S(=O)F)ccc23)c(C)cc1C. The maximum absolute atomic E-state index is 13.0. The molecule has 0 aliphatic rings. The van der Waals surface area contributed by atoms with Crippen LogP contribution >= 0.6 is 0 Å². The molecule has 0 bridgehead atoms. The Balaban J connectivity index is 0.00000109.